The molecule has 0 bridgehead atoms. The number of benzene rings is 3. The molecule has 0 aliphatic heterocycles. The van der Waals surface area contributed by atoms with Gasteiger partial charge in [-0.15, -0.1) is 76.1 Å². The summed E-state index contributed by atoms with van der Waals surface area (Å²) in [6.07, 6.45) is -0.168. The Hall–Kier alpha value is -3.38. The van der Waals surface area contributed by atoms with E-state index in [2.05, 4.69) is 81.2 Å². The molecule has 3 aromatic heterocycles. The van der Waals surface area contributed by atoms with Crippen LogP contribution in [0.3, 0.4) is 0 Å². The van der Waals surface area contributed by atoms with Gasteiger partial charge in [-0.2, -0.15) is 13.2 Å². The molecule has 2 nitrogen and oxygen atoms in total. The maximum atomic E-state index is 12.4. The molecule has 223 valence electrons. The van der Waals surface area contributed by atoms with Gasteiger partial charge in [-0.3, -0.25) is 0 Å². The predicted molar refractivity (Wildman–Crippen MR) is 168 cm³/mol. The summed E-state index contributed by atoms with van der Waals surface area (Å²) in [7, 11) is 0. The van der Waals surface area contributed by atoms with E-state index in [-0.39, 0.29) is 25.7 Å². The van der Waals surface area contributed by atoms with Gasteiger partial charge in [0.25, 0.3) is 0 Å². The molecule has 0 saturated carbocycles. The van der Waals surface area contributed by atoms with E-state index in [4.69, 9.17) is 9.10 Å². The van der Waals surface area contributed by atoms with Gasteiger partial charge in [0.15, 0.2) is 0 Å². The molecule has 6 rings (SSSR count). The molecule has 0 saturated heterocycles. The van der Waals surface area contributed by atoms with Crippen molar-refractivity contribution < 1.29 is 37.4 Å². The summed E-state index contributed by atoms with van der Waals surface area (Å²) < 4.78 is 61.5. The number of rotatable bonds is 4. The Kier molecular flexibility index (Phi) is 8.92. The van der Waals surface area contributed by atoms with Gasteiger partial charge in [-0.05, 0) is 64.5 Å². The normalized spacial score (nSPS) is 12.7. The minimum Gasteiger partial charge on any atom is -0.304 e. The molecular weight excluding hydrogens is 742 g/mol. The van der Waals surface area contributed by atoms with Crippen LogP contribution in [0.2, 0.25) is 0 Å². The Morgan fingerprint density at radius 3 is 2.35 bits per heavy atom. The van der Waals surface area contributed by atoms with Crippen LogP contribution in [-0.4, -0.2) is 9.97 Å². The van der Waals surface area contributed by atoms with Crippen LogP contribution in [-0.2, 0) is 32.7 Å². The molecule has 3 aromatic carbocycles. The van der Waals surface area contributed by atoms with Gasteiger partial charge >= 0.3 is 6.18 Å². The van der Waals surface area contributed by atoms with Crippen LogP contribution >= 0.6 is 11.3 Å². The second kappa shape index (κ2) is 13.5. The first kappa shape index (κ1) is 28.4. The van der Waals surface area contributed by atoms with Crippen LogP contribution < -0.4 is 0 Å². The fourth-order valence-electron chi connectivity index (χ4n) is 4.87. The van der Waals surface area contributed by atoms with Crippen molar-refractivity contribution in [2.24, 2.45) is 5.92 Å². The SMILES string of the molecule is Cc1[c-]c(-c2nccc3c2sc2cc(CC(C)C)ccc23)cc(C)c1.[2H]C([2H])([2H])c1ccc(-c2[c-]cc(C(F)(F)F)cc2)nc1.[Ir]. The minimum atomic E-state index is -4.41. The van der Waals surface area contributed by atoms with E-state index < -0.39 is 18.6 Å². The van der Waals surface area contributed by atoms with E-state index in [1.807, 2.05) is 17.5 Å². The van der Waals surface area contributed by atoms with E-state index in [1.165, 1.54) is 55.7 Å². The number of fused-ring (bicyclic) bond motifs is 3. The number of nitrogens with zero attached hydrogens (tertiary/aromatic N) is 2. The van der Waals surface area contributed by atoms with E-state index in [0.29, 0.717) is 17.2 Å². The van der Waals surface area contributed by atoms with Crippen LogP contribution in [0, 0.1) is 38.8 Å². The molecule has 0 N–H and O–H groups in total. The predicted octanol–water partition coefficient (Wildman–Crippen LogP) is 10.6. The molecule has 3 heterocycles. The minimum absolute atomic E-state index is 0. The van der Waals surface area contributed by atoms with Crippen molar-refractivity contribution in [2.75, 3.05) is 0 Å². The number of halogens is 3. The van der Waals surface area contributed by atoms with Gasteiger partial charge in [0, 0.05) is 51.7 Å². The second-order valence-electron chi connectivity index (χ2n) is 10.7. The number of hydrogen-bond donors (Lipinski definition) is 0. The monoisotopic (exact) mass is 776 g/mol. The van der Waals surface area contributed by atoms with Crippen molar-refractivity contribution in [3.8, 4) is 22.5 Å². The molecule has 0 aliphatic carbocycles. The van der Waals surface area contributed by atoms with Crippen LogP contribution in [0.1, 0.15) is 45.8 Å². The third-order valence-corrected chi connectivity index (χ3v) is 7.85. The standard InChI is InChI=1S/C23H22NS.C13H9F3N.Ir/c1-14(2)9-17-5-6-19-20-7-8-24-22(23(20)25-21(19)13-17)18-11-15(3)10-16(4)12-18;1-9-2-7-12(17-8-9)10-3-5-11(6-4-10)13(14,15)16;/h5-8,10-11,13-14H,9H2,1-4H3;2-3,5-8H,1H3;/q2*-1;/i;1D3;. The number of aromatic nitrogens is 2. The van der Waals surface area contributed by atoms with E-state index in [1.54, 1.807) is 0 Å². The van der Waals surface area contributed by atoms with Gasteiger partial charge in [-0.1, -0.05) is 52.0 Å². The van der Waals surface area contributed by atoms with Gasteiger partial charge in [0.1, 0.15) is 0 Å². The second-order valence-corrected chi connectivity index (χ2v) is 11.8. The quantitative estimate of drug-likeness (QED) is 0.167. The molecule has 0 spiro atoms. The van der Waals surface area contributed by atoms with Crippen molar-refractivity contribution in [1.29, 1.82) is 0 Å². The number of aryl methyl sites for hydroxylation is 3. The zero-order chi connectivity index (χ0) is 32.5. The molecule has 6 aromatic rings. The summed E-state index contributed by atoms with van der Waals surface area (Å²) in [5.74, 6) is 0.675. The molecular formula is C36H31F3IrN2S-2. The van der Waals surface area contributed by atoms with Crippen LogP contribution in [0.5, 0.6) is 0 Å². The first-order valence-corrected chi connectivity index (χ1v) is 14.4. The van der Waals surface area contributed by atoms with E-state index in [0.717, 1.165) is 35.4 Å². The van der Waals surface area contributed by atoms with Crippen molar-refractivity contribution >= 4 is 31.5 Å². The van der Waals surface area contributed by atoms with Crippen LogP contribution in [0.15, 0.2) is 79.1 Å². The van der Waals surface area contributed by atoms with Gasteiger partial charge in [0.05, 0.1) is 0 Å². The van der Waals surface area contributed by atoms with Crippen molar-refractivity contribution in [3.63, 3.8) is 0 Å². The summed E-state index contributed by atoms with van der Waals surface area (Å²) in [6, 6.07) is 25.2. The third kappa shape index (κ3) is 7.77. The van der Waals surface area contributed by atoms with Gasteiger partial charge in [0.2, 0.25) is 0 Å². The number of pyridine rings is 2. The summed E-state index contributed by atoms with van der Waals surface area (Å²) in [4.78, 5) is 8.64. The Bertz CT molecular complexity index is 1870. The number of alkyl halides is 3. The Labute approximate surface area is 272 Å². The molecule has 0 aliphatic rings. The summed E-state index contributed by atoms with van der Waals surface area (Å²) in [5, 5.41) is 2.63. The fraction of sp³-hybridized carbons (Fsp3) is 0.222. The van der Waals surface area contributed by atoms with E-state index >= 15 is 0 Å². The topological polar surface area (TPSA) is 25.8 Å². The average Bonchev–Trinajstić information content (AvgIpc) is 3.34. The average molecular weight is 776 g/mol. The van der Waals surface area contributed by atoms with Crippen LogP contribution in [0.25, 0.3) is 42.7 Å². The zero-order valence-electron chi connectivity index (χ0n) is 27.1. The number of thiophene rings is 1. The molecule has 43 heavy (non-hydrogen) atoms. The number of hydrogen-bond acceptors (Lipinski definition) is 3. The third-order valence-electron chi connectivity index (χ3n) is 6.68. The maximum Gasteiger partial charge on any atom is 0.381 e. The molecule has 0 fully saturated rings. The fourth-order valence-corrected chi connectivity index (χ4v) is 6.14. The Morgan fingerprint density at radius 2 is 1.72 bits per heavy atom. The largest absolute Gasteiger partial charge is 0.381 e. The molecule has 0 unspecified atom stereocenters. The van der Waals surface area contributed by atoms with Crippen molar-refractivity contribution in [3.05, 3.63) is 119 Å². The maximum absolute atomic E-state index is 12.4. The smallest absolute Gasteiger partial charge is 0.304 e. The zero-order valence-corrected chi connectivity index (χ0v) is 27.3. The van der Waals surface area contributed by atoms with Crippen molar-refractivity contribution in [1.82, 2.24) is 9.97 Å². The molecule has 0 amide bonds. The molecule has 7 heteroatoms. The summed E-state index contributed by atoms with van der Waals surface area (Å²) >= 11 is 1.85. The summed E-state index contributed by atoms with van der Waals surface area (Å²) in [6.45, 7) is 6.52. The molecule has 1 radical (unpaired) electrons. The van der Waals surface area contributed by atoms with Crippen LogP contribution in [0.4, 0.5) is 13.2 Å². The molecule has 0 atom stereocenters. The Morgan fingerprint density at radius 1 is 0.907 bits per heavy atom. The first-order chi connectivity index (χ1) is 21.2. The summed E-state index contributed by atoms with van der Waals surface area (Å²) in [5.41, 5.74) is 6.00. The van der Waals surface area contributed by atoms with Gasteiger partial charge in [-0.25, -0.2) is 0 Å². The van der Waals surface area contributed by atoms with E-state index in [9.17, 15) is 13.2 Å². The van der Waals surface area contributed by atoms with Crippen molar-refractivity contribution in [2.45, 2.75) is 47.1 Å². The van der Waals surface area contributed by atoms with Gasteiger partial charge < -0.3 is 9.97 Å². The Balaban J connectivity index is 0.000000210. The first-order valence-electron chi connectivity index (χ1n) is 15.1.